The minimum atomic E-state index is -1.32. The second-order valence-corrected chi connectivity index (χ2v) is 16.9. The van der Waals surface area contributed by atoms with Gasteiger partial charge >= 0.3 is 0 Å². The number of benzene rings is 1. The number of nitrogens with one attached hydrogen (secondary N) is 2. The molecule has 6 N–H and O–H groups in total. The van der Waals surface area contributed by atoms with Crippen LogP contribution in [-0.2, 0) is 28.7 Å². The molecule has 52 heavy (non-hydrogen) atoms. The van der Waals surface area contributed by atoms with Crippen molar-refractivity contribution in [2.24, 2.45) is 10.3 Å². The third kappa shape index (κ3) is 8.37. The maximum Gasteiger partial charge on any atom is 0.269 e. The van der Waals surface area contributed by atoms with Crippen molar-refractivity contribution < 1.29 is 53.9 Å². The Morgan fingerprint density at radius 1 is 0.827 bits per heavy atom. The Bertz CT molecular complexity index is 1810. The van der Waals surface area contributed by atoms with Crippen LogP contribution in [0.4, 0.5) is 0 Å². The number of aliphatic hydroxyl groups is 4. The zero-order valence-electron chi connectivity index (χ0n) is 27.0. The second kappa shape index (κ2) is 16.9. The third-order valence-corrected chi connectivity index (χ3v) is 12.2. The van der Waals surface area contributed by atoms with Gasteiger partial charge < -0.3 is 54.9 Å². The molecule has 5 rings (SSSR count). The molecule has 1 aromatic carbocycles. The van der Waals surface area contributed by atoms with Gasteiger partial charge in [-0.1, -0.05) is 10.3 Å². The molecule has 0 unspecified atom stereocenters. The number of halogens is 6. The van der Waals surface area contributed by atoms with Crippen molar-refractivity contribution in [3.63, 3.8) is 0 Å². The first-order valence-corrected chi connectivity index (χ1v) is 19.9. The molecular weight excluding hydrogens is 1080 g/mol. The number of methoxy groups -OCH3 is 2. The Hall–Kier alpha value is -1.82. The fraction of sp³-hybridized carbons (Fsp3) is 0.419. The molecular formula is C31H30Br6N4O11. The zero-order valence-corrected chi connectivity index (χ0v) is 36.5. The number of carbonyl (C=O) groups excluding carboxylic acids is 2. The number of ether oxygens (including phenoxy) is 3. The van der Waals surface area contributed by atoms with E-state index in [1.807, 2.05) is 0 Å². The first-order chi connectivity index (χ1) is 24.6. The summed E-state index contributed by atoms with van der Waals surface area (Å²) >= 11 is 20.2. The summed E-state index contributed by atoms with van der Waals surface area (Å²) < 4.78 is 18.9. The van der Waals surface area contributed by atoms with Gasteiger partial charge in [-0.3, -0.25) is 9.59 Å². The molecule has 2 spiro atoms. The Morgan fingerprint density at radius 3 is 1.71 bits per heavy atom. The number of nitrogens with zero attached hydrogens (tertiary/aromatic N) is 2. The Morgan fingerprint density at radius 2 is 1.27 bits per heavy atom. The number of oxime groups is 2. The van der Waals surface area contributed by atoms with Crippen molar-refractivity contribution in [2.75, 3.05) is 33.9 Å². The van der Waals surface area contributed by atoms with E-state index < -0.39 is 47.4 Å². The second-order valence-electron chi connectivity index (χ2n) is 11.8. The zero-order chi connectivity index (χ0) is 38.1. The molecule has 0 bridgehead atoms. The summed E-state index contributed by atoms with van der Waals surface area (Å²) in [5.74, 6) is -0.0771. The van der Waals surface area contributed by atoms with Gasteiger partial charge in [0.1, 0.15) is 53.6 Å². The average molecular weight is 1110 g/mol. The molecule has 282 valence electrons. The van der Waals surface area contributed by atoms with Gasteiger partial charge in [0.2, 0.25) is 0 Å². The van der Waals surface area contributed by atoms with E-state index in [1.165, 1.54) is 14.2 Å². The summed E-state index contributed by atoms with van der Waals surface area (Å²) in [5.41, 5.74) is -2.16. The average Bonchev–Trinajstić information content (AvgIpc) is 3.73. The van der Waals surface area contributed by atoms with Crippen LogP contribution in [0.1, 0.15) is 24.5 Å². The van der Waals surface area contributed by atoms with Gasteiger partial charge in [-0.2, -0.15) is 0 Å². The largest absolute Gasteiger partial charge is 0.495 e. The highest BCUT2D eigenvalue weighted by Crippen LogP contribution is 2.45. The van der Waals surface area contributed by atoms with Crippen LogP contribution in [0.15, 0.2) is 73.0 Å². The van der Waals surface area contributed by atoms with Crippen molar-refractivity contribution in [2.45, 2.75) is 48.5 Å². The number of amides is 2. The van der Waals surface area contributed by atoms with Crippen LogP contribution < -0.4 is 15.4 Å². The molecule has 2 amide bonds. The van der Waals surface area contributed by atoms with E-state index in [4.69, 9.17) is 23.9 Å². The predicted molar refractivity (Wildman–Crippen MR) is 208 cm³/mol. The van der Waals surface area contributed by atoms with Crippen LogP contribution in [0.25, 0.3) is 0 Å². The van der Waals surface area contributed by atoms with Crippen LogP contribution >= 0.6 is 95.6 Å². The molecule has 1 aromatic rings. The highest BCUT2D eigenvalue weighted by molar-refractivity contribution is 9.12. The van der Waals surface area contributed by atoms with Gasteiger partial charge in [0.25, 0.3) is 11.8 Å². The fourth-order valence-corrected chi connectivity index (χ4v) is 10.5. The minimum absolute atomic E-state index is 0.0225. The Kier molecular flexibility index (Phi) is 13.4. The van der Waals surface area contributed by atoms with Crippen molar-refractivity contribution >= 4 is 119 Å². The van der Waals surface area contributed by atoms with Crippen LogP contribution in [0.5, 0.6) is 5.75 Å². The number of hydrogen-bond donors (Lipinski definition) is 6. The maximum absolute atomic E-state index is 12.9. The van der Waals surface area contributed by atoms with Crippen LogP contribution in [0, 0.1) is 0 Å². The smallest absolute Gasteiger partial charge is 0.269 e. The lowest BCUT2D eigenvalue weighted by Gasteiger charge is -2.33. The number of hydrogen-bond acceptors (Lipinski definition) is 13. The SMILES string of the molecule is COC1=C(Br)[C@@H](O)[C@]2(C=C1Br)CC(C(=O)NC[C@H](O)c1cc(Br)c(OC[C@@H](O)CNC(=O)C3=NO[C@]4(C=C(Br)C(OC)=C(Br)[C@@H]4O)C3)c(Br)c1)=NO2. The highest BCUT2D eigenvalue weighted by Gasteiger charge is 2.52. The van der Waals surface area contributed by atoms with Crippen LogP contribution in [0.3, 0.4) is 0 Å². The number of rotatable bonds is 12. The summed E-state index contributed by atoms with van der Waals surface area (Å²) in [4.78, 5) is 36.8. The first kappa shape index (κ1) is 41.3. The maximum atomic E-state index is 12.9. The molecule has 4 aliphatic rings. The van der Waals surface area contributed by atoms with Crippen molar-refractivity contribution in [3.05, 3.63) is 68.2 Å². The van der Waals surface area contributed by atoms with E-state index in [2.05, 4.69) is 117 Å². The molecule has 6 atom stereocenters. The Labute approximate surface area is 347 Å². The third-order valence-electron chi connectivity index (χ3n) is 8.27. The van der Waals surface area contributed by atoms with E-state index in [1.54, 1.807) is 24.3 Å². The van der Waals surface area contributed by atoms with Crippen molar-refractivity contribution in [1.29, 1.82) is 0 Å². The van der Waals surface area contributed by atoms with Crippen LogP contribution in [-0.4, -0.2) is 107 Å². The van der Waals surface area contributed by atoms with Gasteiger partial charge in [0.05, 0.1) is 47.2 Å². The summed E-state index contributed by atoms with van der Waals surface area (Å²) in [6.07, 6.45) is -1.53. The fourth-order valence-electron chi connectivity index (χ4n) is 5.51. The molecule has 2 aliphatic heterocycles. The lowest BCUT2D eigenvalue weighted by molar-refractivity contribution is -0.116. The van der Waals surface area contributed by atoms with Gasteiger partial charge in [-0.15, -0.1) is 0 Å². The number of aliphatic hydroxyl groups excluding tert-OH is 4. The first-order valence-electron chi connectivity index (χ1n) is 15.1. The molecule has 21 heteroatoms. The summed E-state index contributed by atoms with van der Waals surface area (Å²) in [6, 6.07) is 3.19. The molecule has 2 aliphatic carbocycles. The lowest BCUT2D eigenvalue weighted by Crippen LogP contribution is -2.45. The molecule has 2 heterocycles. The van der Waals surface area contributed by atoms with Gasteiger partial charge in [-0.25, -0.2) is 0 Å². The lowest BCUT2D eigenvalue weighted by atomic mass is 9.87. The monoisotopic (exact) mass is 1110 g/mol. The quantitative estimate of drug-likeness (QED) is 0.176. The number of allylic oxidation sites excluding steroid dienone is 2. The molecule has 0 aromatic heterocycles. The van der Waals surface area contributed by atoms with Crippen molar-refractivity contribution in [3.8, 4) is 5.75 Å². The molecule has 0 saturated carbocycles. The Balaban J connectivity index is 1.09. The topological polar surface area (TPSA) is 210 Å². The minimum Gasteiger partial charge on any atom is -0.495 e. The van der Waals surface area contributed by atoms with E-state index in [-0.39, 0.29) is 44.0 Å². The standard InChI is InChI=1S/C31H30Br6N4O11/c1-48-24-16(34)5-30(26(44)21(24)36)7-18(40-51-30)28(46)38-9-13(42)11-50-23-14(32)3-12(4-15(23)33)20(43)10-39-29(47)19-8-31(52-41-19)6-17(35)25(49-2)22(37)27(31)45/h3-6,13,20,26-27,42-45H,7-11H2,1-2H3,(H,38,46)(H,39,47)/t13-,20-,26-,27+,30+,31-/m0/s1. The van der Waals surface area contributed by atoms with Gasteiger partial charge in [-0.05, 0) is 125 Å². The molecule has 0 radical (unpaired) electrons. The summed E-state index contributed by atoms with van der Waals surface area (Å²) in [7, 11) is 2.91. The number of carbonyl (C=O) groups is 2. The predicted octanol–water partition coefficient (Wildman–Crippen LogP) is 4.06. The molecule has 15 nitrogen and oxygen atoms in total. The van der Waals surface area contributed by atoms with E-state index >= 15 is 0 Å². The van der Waals surface area contributed by atoms with Gasteiger partial charge in [0.15, 0.2) is 11.2 Å². The van der Waals surface area contributed by atoms with Gasteiger partial charge in [0, 0.05) is 25.9 Å². The summed E-state index contributed by atoms with van der Waals surface area (Å²) in [5, 5.41) is 56.0. The van der Waals surface area contributed by atoms with Crippen molar-refractivity contribution in [1.82, 2.24) is 10.6 Å². The van der Waals surface area contributed by atoms with Crippen LogP contribution in [0.2, 0.25) is 0 Å². The molecule has 0 saturated heterocycles. The van der Waals surface area contributed by atoms with E-state index in [0.29, 0.717) is 49.7 Å². The summed E-state index contributed by atoms with van der Waals surface area (Å²) in [6.45, 7) is -0.560. The van der Waals surface area contributed by atoms with E-state index in [9.17, 15) is 30.0 Å². The molecule has 0 fully saturated rings. The van der Waals surface area contributed by atoms with E-state index in [0.717, 1.165) is 0 Å². The highest BCUT2D eigenvalue weighted by atomic mass is 79.9. The normalized spacial score (nSPS) is 26.5.